The molecule has 2 heterocycles. The van der Waals surface area contributed by atoms with Crippen molar-refractivity contribution in [3.8, 4) is 12.0 Å². The first-order valence-corrected chi connectivity index (χ1v) is 4.65. The van der Waals surface area contributed by atoms with Crippen molar-refractivity contribution in [1.29, 1.82) is 0 Å². The first-order chi connectivity index (χ1) is 8.44. The van der Waals surface area contributed by atoms with E-state index < -0.39 is 18.8 Å². The largest absolute Gasteiger partial charge is 0.454 e. The van der Waals surface area contributed by atoms with E-state index in [0.717, 1.165) is 0 Å². The van der Waals surface area contributed by atoms with Crippen molar-refractivity contribution in [1.82, 2.24) is 24.7 Å². The first kappa shape index (κ1) is 12.1. The zero-order valence-corrected chi connectivity index (χ0v) is 8.79. The quantitative estimate of drug-likeness (QED) is 0.867. The number of hydrogen-bond donors (Lipinski definition) is 1. The number of ether oxygens (including phenoxy) is 1. The van der Waals surface area contributed by atoms with Gasteiger partial charge in [-0.25, -0.2) is 4.68 Å². The fourth-order valence-electron chi connectivity index (χ4n) is 1.06. The van der Waals surface area contributed by atoms with Gasteiger partial charge in [0.2, 0.25) is 5.95 Å². The Morgan fingerprint density at radius 2 is 2.06 bits per heavy atom. The molecule has 0 radical (unpaired) electrons. The number of nitrogens with zero attached hydrogens (tertiary/aromatic N) is 5. The van der Waals surface area contributed by atoms with Crippen molar-refractivity contribution in [2.45, 2.75) is 6.18 Å². The SMILES string of the molecule is Nc1nc(OCC(F)(F)F)nc(-n2cccn2)n1. The molecule has 0 aliphatic rings. The van der Waals surface area contributed by atoms with Crippen LogP contribution in [0, 0.1) is 0 Å². The molecule has 0 atom stereocenters. The van der Waals surface area contributed by atoms with Crippen LogP contribution in [0.3, 0.4) is 0 Å². The Morgan fingerprint density at radius 3 is 2.67 bits per heavy atom. The van der Waals surface area contributed by atoms with E-state index in [0.29, 0.717) is 0 Å². The lowest BCUT2D eigenvalue weighted by molar-refractivity contribution is -0.154. The normalized spacial score (nSPS) is 11.5. The summed E-state index contributed by atoms with van der Waals surface area (Å²) < 4.78 is 41.5. The molecule has 0 aliphatic heterocycles. The van der Waals surface area contributed by atoms with E-state index in [9.17, 15) is 13.2 Å². The van der Waals surface area contributed by atoms with Gasteiger partial charge in [0, 0.05) is 12.4 Å². The van der Waals surface area contributed by atoms with Crippen molar-refractivity contribution in [3.05, 3.63) is 18.5 Å². The number of aromatic nitrogens is 5. The molecular weight excluding hydrogens is 253 g/mol. The maximum absolute atomic E-state index is 12.0. The first-order valence-electron chi connectivity index (χ1n) is 4.65. The maximum Gasteiger partial charge on any atom is 0.422 e. The Balaban J connectivity index is 2.22. The smallest absolute Gasteiger partial charge is 0.422 e. The topological polar surface area (TPSA) is 91.7 Å². The Kier molecular flexibility index (Phi) is 3.00. The lowest BCUT2D eigenvalue weighted by atomic mass is 10.7. The molecule has 2 aromatic heterocycles. The molecule has 96 valence electrons. The Hall–Kier alpha value is -2.39. The minimum Gasteiger partial charge on any atom is -0.454 e. The second-order valence-corrected chi connectivity index (χ2v) is 3.13. The van der Waals surface area contributed by atoms with E-state index in [2.05, 4.69) is 24.8 Å². The molecule has 0 saturated heterocycles. The van der Waals surface area contributed by atoms with Gasteiger partial charge >= 0.3 is 12.2 Å². The molecule has 0 spiro atoms. The van der Waals surface area contributed by atoms with Gasteiger partial charge in [-0.05, 0) is 6.07 Å². The van der Waals surface area contributed by atoms with Gasteiger partial charge < -0.3 is 10.5 Å². The Labute approximate surface area is 98.4 Å². The maximum atomic E-state index is 12.0. The third-order valence-corrected chi connectivity index (χ3v) is 1.69. The van der Waals surface area contributed by atoms with Gasteiger partial charge in [0.15, 0.2) is 6.61 Å². The Morgan fingerprint density at radius 1 is 1.28 bits per heavy atom. The summed E-state index contributed by atoms with van der Waals surface area (Å²) in [5.41, 5.74) is 5.34. The van der Waals surface area contributed by atoms with Crippen molar-refractivity contribution in [2.24, 2.45) is 0 Å². The zero-order chi connectivity index (χ0) is 13.2. The molecule has 0 bridgehead atoms. The highest BCUT2D eigenvalue weighted by Gasteiger charge is 2.29. The molecular formula is C8H7F3N6O. The van der Waals surface area contributed by atoms with E-state index in [4.69, 9.17) is 5.73 Å². The van der Waals surface area contributed by atoms with Crippen LogP contribution in [0.25, 0.3) is 5.95 Å². The molecule has 0 aromatic carbocycles. The van der Waals surface area contributed by atoms with Crippen LogP contribution >= 0.6 is 0 Å². The van der Waals surface area contributed by atoms with Gasteiger partial charge in [-0.1, -0.05) is 0 Å². The summed E-state index contributed by atoms with van der Waals surface area (Å²) in [5, 5.41) is 3.81. The van der Waals surface area contributed by atoms with Crippen LogP contribution in [0.15, 0.2) is 18.5 Å². The lowest BCUT2D eigenvalue weighted by Crippen LogP contribution is -2.21. The molecule has 18 heavy (non-hydrogen) atoms. The number of anilines is 1. The van der Waals surface area contributed by atoms with Gasteiger partial charge in [0.05, 0.1) is 0 Å². The van der Waals surface area contributed by atoms with E-state index >= 15 is 0 Å². The third kappa shape index (κ3) is 3.06. The summed E-state index contributed by atoms with van der Waals surface area (Å²) in [4.78, 5) is 10.8. The van der Waals surface area contributed by atoms with Crippen molar-refractivity contribution < 1.29 is 17.9 Å². The van der Waals surface area contributed by atoms with Crippen LogP contribution in [0.5, 0.6) is 6.01 Å². The van der Waals surface area contributed by atoms with E-state index in [-0.39, 0.29) is 11.9 Å². The highest BCUT2D eigenvalue weighted by atomic mass is 19.4. The van der Waals surface area contributed by atoms with Gasteiger partial charge in [0.25, 0.3) is 5.95 Å². The molecule has 2 N–H and O–H groups in total. The van der Waals surface area contributed by atoms with E-state index in [1.165, 1.54) is 17.1 Å². The second-order valence-electron chi connectivity index (χ2n) is 3.13. The summed E-state index contributed by atoms with van der Waals surface area (Å²) in [5.74, 6) is -0.280. The average Bonchev–Trinajstić information content (AvgIpc) is 2.78. The van der Waals surface area contributed by atoms with Crippen LogP contribution in [0.1, 0.15) is 0 Å². The molecule has 2 rings (SSSR count). The van der Waals surface area contributed by atoms with E-state index in [1.54, 1.807) is 6.07 Å². The van der Waals surface area contributed by atoms with Gasteiger partial charge in [-0.15, -0.1) is 0 Å². The predicted octanol–water partition coefficient (Wildman–Crippen LogP) is 0.581. The van der Waals surface area contributed by atoms with Crippen LogP contribution in [-0.2, 0) is 0 Å². The van der Waals surface area contributed by atoms with Crippen LogP contribution in [-0.4, -0.2) is 37.5 Å². The zero-order valence-electron chi connectivity index (χ0n) is 8.79. The Bertz CT molecular complexity index is 526. The second kappa shape index (κ2) is 4.47. The minimum atomic E-state index is -4.48. The summed E-state index contributed by atoms with van der Waals surface area (Å²) in [7, 11) is 0. The number of nitrogens with two attached hydrogens (primary N) is 1. The summed E-state index contributed by atoms with van der Waals surface area (Å²) in [6.07, 6.45) is -1.52. The van der Waals surface area contributed by atoms with Crippen LogP contribution in [0.2, 0.25) is 0 Å². The van der Waals surface area contributed by atoms with Gasteiger partial charge in [0.1, 0.15) is 0 Å². The molecule has 0 amide bonds. The standard InChI is InChI=1S/C8H7F3N6O/c9-8(10,11)4-18-7-15-5(12)14-6(16-7)17-3-1-2-13-17/h1-3H,4H2,(H2,12,14,15,16). The van der Waals surface area contributed by atoms with Gasteiger partial charge in [-0.3, -0.25) is 0 Å². The molecule has 0 fully saturated rings. The summed E-state index contributed by atoms with van der Waals surface area (Å²) in [6, 6.07) is 1.08. The van der Waals surface area contributed by atoms with E-state index in [1.807, 2.05) is 0 Å². The number of halogens is 3. The minimum absolute atomic E-state index is 0.0234. The fourth-order valence-corrected chi connectivity index (χ4v) is 1.06. The van der Waals surface area contributed by atoms with Crippen LogP contribution < -0.4 is 10.5 Å². The molecule has 0 saturated carbocycles. The average molecular weight is 260 g/mol. The summed E-state index contributed by atoms with van der Waals surface area (Å²) in [6.45, 7) is -1.50. The highest BCUT2D eigenvalue weighted by molar-refractivity contribution is 5.24. The van der Waals surface area contributed by atoms with Crippen molar-refractivity contribution in [3.63, 3.8) is 0 Å². The number of nitrogen functional groups attached to an aromatic ring is 1. The highest BCUT2D eigenvalue weighted by Crippen LogP contribution is 2.16. The number of alkyl halides is 3. The molecule has 7 nitrogen and oxygen atoms in total. The molecule has 0 aliphatic carbocycles. The molecule has 0 unspecified atom stereocenters. The van der Waals surface area contributed by atoms with Crippen molar-refractivity contribution >= 4 is 5.95 Å². The third-order valence-electron chi connectivity index (χ3n) is 1.69. The monoisotopic (exact) mass is 260 g/mol. The molecule has 2 aromatic rings. The van der Waals surface area contributed by atoms with Gasteiger partial charge in [-0.2, -0.15) is 33.2 Å². The number of rotatable bonds is 3. The van der Waals surface area contributed by atoms with Crippen LogP contribution in [0.4, 0.5) is 19.1 Å². The predicted molar refractivity (Wildman–Crippen MR) is 52.9 cm³/mol. The lowest BCUT2D eigenvalue weighted by Gasteiger charge is -2.08. The van der Waals surface area contributed by atoms with Crippen molar-refractivity contribution in [2.75, 3.05) is 12.3 Å². The number of hydrogen-bond acceptors (Lipinski definition) is 6. The molecule has 10 heteroatoms. The summed E-state index contributed by atoms with van der Waals surface area (Å²) >= 11 is 0. The fraction of sp³-hybridized carbons (Fsp3) is 0.250.